The topological polar surface area (TPSA) is 101 Å². The lowest BCUT2D eigenvalue weighted by Crippen LogP contribution is -2.44. The van der Waals surface area contributed by atoms with Crippen LogP contribution in [0.3, 0.4) is 0 Å². The number of hydrogen-bond acceptors (Lipinski definition) is 5. The number of methoxy groups -OCH3 is 1. The van der Waals surface area contributed by atoms with Crippen LogP contribution in [0.2, 0.25) is 0 Å². The van der Waals surface area contributed by atoms with Crippen molar-refractivity contribution in [2.75, 3.05) is 23.9 Å². The molecular formula is C17H24N4O4. The highest BCUT2D eigenvalue weighted by Crippen LogP contribution is 2.21. The lowest BCUT2D eigenvalue weighted by molar-refractivity contribution is -0.143. The fourth-order valence-electron chi connectivity index (χ4n) is 2.68. The van der Waals surface area contributed by atoms with Crippen molar-refractivity contribution in [2.24, 2.45) is 5.92 Å². The average Bonchev–Trinajstić information content (AvgIpc) is 2.99. The normalized spacial score (nSPS) is 15.2. The quantitative estimate of drug-likeness (QED) is 0.765. The summed E-state index contributed by atoms with van der Waals surface area (Å²) in [7, 11) is 1.29. The molecule has 0 aromatic carbocycles. The number of pyridine rings is 1. The summed E-state index contributed by atoms with van der Waals surface area (Å²) < 4.78 is 4.71. The molecule has 1 aromatic rings. The Kier molecular flexibility index (Phi) is 6.32. The van der Waals surface area contributed by atoms with Gasteiger partial charge in [-0.2, -0.15) is 0 Å². The predicted octanol–water partition coefficient (Wildman–Crippen LogP) is 1.92. The zero-order valence-electron chi connectivity index (χ0n) is 14.7. The number of hydrogen-bond donors (Lipinski definition) is 2. The Bertz CT molecular complexity index is 630. The smallest absolute Gasteiger partial charge is 0.328 e. The molecule has 136 valence electrons. The maximum atomic E-state index is 12.1. The Labute approximate surface area is 146 Å². The Balaban J connectivity index is 1.95. The molecule has 2 N–H and O–H groups in total. The van der Waals surface area contributed by atoms with Crippen LogP contribution in [0.4, 0.5) is 16.3 Å². The van der Waals surface area contributed by atoms with E-state index in [1.54, 1.807) is 23.2 Å². The summed E-state index contributed by atoms with van der Waals surface area (Å²) in [5, 5.41) is 5.18. The molecule has 3 amide bonds. The first-order chi connectivity index (χ1) is 11.9. The third-order valence-electron chi connectivity index (χ3n) is 3.87. The number of aromatic nitrogens is 1. The molecule has 8 heteroatoms. The summed E-state index contributed by atoms with van der Waals surface area (Å²) in [6, 6.07) is 2.11. The van der Waals surface area contributed by atoms with Crippen LogP contribution >= 0.6 is 0 Å². The summed E-state index contributed by atoms with van der Waals surface area (Å²) in [5.41, 5.74) is 0.709. The third kappa shape index (κ3) is 5.17. The zero-order chi connectivity index (χ0) is 18.4. The van der Waals surface area contributed by atoms with Gasteiger partial charge in [0.15, 0.2) is 0 Å². The second kappa shape index (κ2) is 8.46. The summed E-state index contributed by atoms with van der Waals surface area (Å²) >= 11 is 0. The van der Waals surface area contributed by atoms with E-state index in [0.29, 0.717) is 30.9 Å². The first-order valence-electron chi connectivity index (χ1n) is 8.32. The van der Waals surface area contributed by atoms with E-state index >= 15 is 0 Å². The number of urea groups is 1. The van der Waals surface area contributed by atoms with Gasteiger partial charge in [0.25, 0.3) is 0 Å². The van der Waals surface area contributed by atoms with E-state index in [2.05, 4.69) is 15.6 Å². The first kappa shape index (κ1) is 18.7. The molecule has 1 saturated heterocycles. The predicted molar refractivity (Wildman–Crippen MR) is 93.2 cm³/mol. The number of ether oxygens (including phenoxy) is 1. The van der Waals surface area contributed by atoms with Crippen LogP contribution in [0.15, 0.2) is 18.3 Å². The first-order valence-corrected chi connectivity index (χ1v) is 8.32. The number of anilines is 2. The van der Waals surface area contributed by atoms with E-state index in [1.165, 1.54) is 7.11 Å². The highest BCUT2D eigenvalue weighted by Gasteiger charge is 2.23. The molecule has 25 heavy (non-hydrogen) atoms. The summed E-state index contributed by atoms with van der Waals surface area (Å²) in [6.07, 6.45) is 3.41. The standard InChI is InChI=1S/C17H24N4O4/c1-11(2)9-13(16(23)25-3)19-17(24)20-14-7-6-12(10-18-14)21-8-4-5-15(21)22/h6-7,10-11,13H,4-5,8-9H2,1-3H3,(H2,18,19,20,24)/t13-/m0/s1. The fraction of sp³-hybridized carbons (Fsp3) is 0.529. The number of nitrogens with zero attached hydrogens (tertiary/aromatic N) is 2. The van der Waals surface area contributed by atoms with Crippen molar-refractivity contribution in [2.45, 2.75) is 39.2 Å². The molecule has 0 bridgehead atoms. The molecule has 1 aliphatic rings. The van der Waals surface area contributed by atoms with Crippen LogP contribution in [0.5, 0.6) is 0 Å². The number of carbonyl (C=O) groups is 3. The SMILES string of the molecule is COC(=O)[C@H](CC(C)C)NC(=O)Nc1ccc(N2CCCC2=O)cn1. The van der Waals surface area contributed by atoms with Crippen molar-refractivity contribution in [3.05, 3.63) is 18.3 Å². The van der Waals surface area contributed by atoms with E-state index in [-0.39, 0.29) is 11.8 Å². The van der Waals surface area contributed by atoms with Crippen LogP contribution in [-0.4, -0.2) is 42.6 Å². The van der Waals surface area contributed by atoms with Crippen molar-refractivity contribution in [3.63, 3.8) is 0 Å². The molecule has 0 aliphatic carbocycles. The lowest BCUT2D eigenvalue weighted by Gasteiger charge is -2.19. The van der Waals surface area contributed by atoms with Crippen molar-refractivity contribution < 1.29 is 19.1 Å². The van der Waals surface area contributed by atoms with E-state index in [1.807, 2.05) is 13.8 Å². The van der Waals surface area contributed by atoms with Crippen LogP contribution in [0.1, 0.15) is 33.1 Å². The average molecular weight is 348 g/mol. The minimum absolute atomic E-state index is 0.0786. The molecule has 0 unspecified atom stereocenters. The van der Waals surface area contributed by atoms with Gasteiger partial charge < -0.3 is 15.0 Å². The van der Waals surface area contributed by atoms with Crippen LogP contribution < -0.4 is 15.5 Å². The van der Waals surface area contributed by atoms with Crippen molar-refractivity contribution in [3.8, 4) is 0 Å². The van der Waals surface area contributed by atoms with E-state index in [9.17, 15) is 14.4 Å². The molecule has 0 saturated carbocycles. The number of carbonyl (C=O) groups excluding carboxylic acids is 3. The highest BCUT2D eigenvalue weighted by atomic mass is 16.5. The second-order valence-corrected chi connectivity index (χ2v) is 6.35. The molecular weight excluding hydrogens is 324 g/mol. The van der Waals surface area contributed by atoms with Gasteiger partial charge in [0.05, 0.1) is 19.0 Å². The van der Waals surface area contributed by atoms with E-state index in [0.717, 1.165) is 6.42 Å². The van der Waals surface area contributed by atoms with Crippen molar-refractivity contribution in [1.82, 2.24) is 10.3 Å². The summed E-state index contributed by atoms with van der Waals surface area (Å²) in [5.74, 6) is 0.149. The Morgan fingerprint density at radius 2 is 2.12 bits per heavy atom. The molecule has 8 nitrogen and oxygen atoms in total. The Morgan fingerprint density at radius 3 is 2.64 bits per heavy atom. The minimum atomic E-state index is -0.716. The molecule has 1 fully saturated rings. The number of rotatable bonds is 6. The monoisotopic (exact) mass is 348 g/mol. The molecule has 0 radical (unpaired) electrons. The van der Waals surface area contributed by atoms with Gasteiger partial charge in [-0.05, 0) is 30.9 Å². The molecule has 2 heterocycles. The molecule has 0 spiro atoms. The van der Waals surface area contributed by atoms with Crippen molar-refractivity contribution >= 4 is 29.4 Å². The third-order valence-corrected chi connectivity index (χ3v) is 3.87. The summed E-state index contributed by atoms with van der Waals surface area (Å²) in [4.78, 5) is 41.4. The number of esters is 1. The minimum Gasteiger partial charge on any atom is -0.467 e. The molecule has 1 atom stereocenters. The molecule has 1 aliphatic heterocycles. The fourth-order valence-corrected chi connectivity index (χ4v) is 2.68. The van der Waals surface area contributed by atoms with Crippen LogP contribution in [0.25, 0.3) is 0 Å². The number of nitrogens with one attached hydrogen (secondary N) is 2. The van der Waals surface area contributed by atoms with Gasteiger partial charge in [-0.3, -0.25) is 10.1 Å². The number of amides is 3. The van der Waals surface area contributed by atoms with Crippen LogP contribution in [0, 0.1) is 5.92 Å². The van der Waals surface area contributed by atoms with Gasteiger partial charge in [0.2, 0.25) is 5.91 Å². The zero-order valence-corrected chi connectivity index (χ0v) is 14.7. The van der Waals surface area contributed by atoms with Gasteiger partial charge in [-0.25, -0.2) is 14.6 Å². The summed E-state index contributed by atoms with van der Waals surface area (Å²) in [6.45, 7) is 4.59. The lowest BCUT2D eigenvalue weighted by atomic mass is 10.0. The Hall–Kier alpha value is -2.64. The van der Waals surface area contributed by atoms with Gasteiger partial charge >= 0.3 is 12.0 Å². The van der Waals surface area contributed by atoms with Gasteiger partial charge in [-0.15, -0.1) is 0 Å². The maximum Gasteiger partial charge on any atom is 0.328 e. The van der Waals surface area contributed by atoms with E-state index < -0.39 is 18.0 Å². The maximum absolute atomic E-state index is 12.1. The van der Waals surface area contributed by atoms with Gasteiger partial charge in [0, 0.05) is 13.0 Å². The van der Waals surface area contributed by atoms with Gasteiger partial charge in [0.1, 0.15) is 11.9 Å². The largest absolute Gasteiger partial charge is 0.467 e. The molecule has 1 aromatic heterocycles. The van der Waals surface area contributed by atoms with Crippen molar-refractivity contribution in [1.29, 1.82) is 0 Å². The molecule has 2 rings (SSSR count). The highest BCUT2D eigenvalue weighted by molar-refractivity contribution is 5.95. The Morgan fingerprint density at radius 1 is 1.36 bits per heavy atom. The van der Waals surface area contributed by atoms with Crippen LogP contribution in [-0.2, 0) is 14.3 Å². The second-order valence-electron chi connectivity index (χ2n) is 6.35. The van der Waals surface area contributed by atoms with Gasteiger partial charge in [-0.1, -0.05) is 13.8 Å². The van der Waals surface area contributed by atoms with E-state index in [4.69, 9.17) is 4.74 Å².